The van der Waals surface area contributed by atoms with Crippen LogP contribution in [0.25, 0.3) is 22.2 Å². The predicted molar refractivity (Wildman–Crippen MR) is 119 cm³/mol. The number of aliphatic imine (C=N–C) groups is 1. The molecule has 0 amide bonds. The molecule has 0 spiro atoms. The van der Waals surface area contributed by atoms with Crippen molar-refractivity contribution in [3.05, 3.63) is 119 Å². The summed E-state index contributed by atoms with van der Waals surface area (Å²) in [6.07, 6.45) is 4.31. The lowest BCUT2D eigenvalue weighted by Crippen LogP contribution is -1.92. The quantitative estimate of drug-likeness (QED) is 0.411. The summed E-state index contributed by atoms with van der Waals surface area (Å²) < 4.78 is 0. The van der Waals surface area contributed by atoms with E-state index in [9.17, 15) is 0 Å². The highest BCUT2D eigenvalue weighted by atomic mass is 32.1. The maximum absolute atomic E-state index is 4.95. The van der Waals surface area contributed by atoms with Crippen molar-refractivity contribution in [1.29, 1.82) is 0 Å². The Morgan fingerprint density at radius 3 is 2.21 bits per heavy atom. The van der Waals surface area contributed by atoms with Gasteiger partial charge >= 0.3 is 0 Å². The first-order valence-corrected chi connectivity index (χ1v) is 10.1. The minimum Gasteiger partial charge on any atom is -0.354 e. The smallest absolute Gasteiger partial charge is 0.0736 e. The fourth-order valence-corrected chi connectivity index (χ4v) is 4.07. The SMILES string of the molecule is C(=C1N=C(c2ccccc2)C=C1c1ccccc1)c1ccc(-c2cccs2)[nH]1. The average molecular weight is 379 g/mol. The fourth-order valence-electron chi connectivity index (χ4n) is 3.37. The number of hydrogen-bond acceptors (Lipinski definition) is 2. The summed E-state index contributed by atoms with van der Waals surface area (Å²) >= 11 is 1.74. The molecule has 0 aliphatic carbocycles. The van der Waals surface area contributed by atoms with Gasteiger partial charge in [-0.15, -0.1) is 11.3 Å². The summed E-state index contributed by atoms with van der Waals surface area (Å²) in [5.41, 5.74) is 7.61. The summed E-state index contributed by atoms with van der Waals surface area (Å²) in [6, 6.07) is 29.2. The molecule has 0 atom stereocenters. The molecular formula is C25H18N2S. The van der Waals surface area contributed by atoms with Gasteiger partial charge in [-0.25, -0.2) is 4.99 Å². The number of aromatic nitrogens is 1. The minimum absolute atomic E-state index is 0.977. The minimum atomic E-state index is 0.977. The molecule has 28 heavy (non-hydrogen) atoms. The third-order valence-corrected chi connectivity index (χ3v) is 5.64. The standard InChI is InChI=1S/C25H18N2S/c1-3-8-18(9-4-1)21-17-23(19-10-5-2-6-11-19)27-24(21)16-20-13-14-22(26-20)25-12-7-15-28-25/h1-17,26H. The van der Waals surface area contributed by atoms with Crippen molar-refractivity contribution in [3.63, 3.8) is 0 Å². The highest BCUT2D eigenvalue weighted by molar-refractivity contribution is 7.13. The van der Waals surface area contributed by atoms with E-state index in [1.54, 1.807) is 11.3 Å². The van der Waals surface area contributed by atoms with Gasteiger partial charge in [0.25, 0.3) is 0 Å². The second kappa shape index (κ2) is 7.29. The Hall–Kier alpha value is -3.43. The van der Waals surface area contributed by atoms with Crippen LogP contribution in [0.4, 0.5) is 0 Å². The van der Waals surface area contributed by atoms with E-state index < -0.39 is 0 Å². The lowest BCUT2D eigenvalue weighted by atomic mass is 10.0. The number of thiophene rings is 1. The Kier molecular flexibility index (Phi) is 4.36. The van der Waals surface area contributed by atoms with Crippen LogP contribution >= 0.6 is 11.3 Å². The Morgan fingerprint density at radius 2 is 1.50 bits per heavy atom. The van der Waals surface area contributed by atoms with Crippen LogP contribution in [-0.4, -0.2) is 10.7 Å². The first-order chi connectivity index (χ1) is 13.9. The molecule has 0 fully saturated rings. The first kappa shape index (κ1) is 16.7. The molecule has 4 aromatic rings. The highest BCUT2D eigenvalue weighted by Gasteiger charge is 2.17. The lowest BCUT2D eigenvalue weighted by molar-refractivity contribution is 1.36. The van der Waals surface area contributed by atoms with E-state index in [1.165, 1.54) is 10.4 Å². The van der Waals surface area contributed by atoms with Gasteiger partial charge in [-0.1, -0.05) is 66.7 Å². The summed E-state index contributed by atoms with van der Waals surface area (Å²) in [7, 11) is 0. The molecule has 0 saturated heterocycles. The van der Waals surface area contributed by atoms with Crippen LogP contribution in [-0.2, 0) is 0 Å². The zero-order valence-electron chi connectivity index (χ0n) is 15.2. The Balaban J connectivity index is 1.56. The van der Waals surface area contributed by atoms with Gasteiger partial charge in [0.15, 0.2) is 0 Å². The lowest BCUT2D eigenvalue weighted by Gasteiger charge is -2.03. The van der Waals surface area contributed by atoms with Gasteiger partial charge in [0.2, 0.25) is 0 Å². The van der Waals surface area contributed by atoms with E-state index >= 15 is 0 Å². The van der Waals surface area contributed by atoms with Gasteiger partial charge in [-0.3, -0.25) is 0 Å². The number of aromatic amines is 1. The van der Waals surface area contributed by atoms with Gasteiger partial charge in [0.1, 0.15) is 0 Å². The second-order valence-corrected chi connectivity index (χ2v) is 7.57. The number of nitrogens with one attached hydrogen (secondary N) is 1. The number of hydrogen-bond donors (Lipinski definition) is 1. The predicted octanol–water partition coefficient (Wildman–Crippen LogP) is 6.67. The van der Waals surface area contributed by atoms with E-state index in [-0.39, 0.29) is 0 Å². The van der Waals surface area contributed by atoms with Crippen molar-refractivity contribution in [1.82, 2.24) is 4.98 Å². The molecule has 1 N–H and O–H groups in total. The summed E-state index contributed by atoms with van der Waals surface area (Å²) in [5.74, 6) is 0. The molecule has 0 unspecified atom stereocenters. The molecule has 3 heteroatoms. The Labute approximate surface area is 168 Å². The van der Waals surface area contributed by atoms with Gasteiger partial charge in [-0.2, -0.15) is 0 Å². The van der Waals surface area contributed by atoms with Crippen molar-refractivity contribution in [2.75, 3.05) is 0 Å². The molecule has 5 rings (SSSR count). The van der Waals surface area contributed by atoms with Crippen LogP contribution in [0.15, 0.2) is 107 Å². The maximum Gasteiger partial charge on any atom is 0.0736 e. The van der Waals surface area contributed by atoms with Crippen molar-refractivity contribution in [2.45, 2.75) is 0 Å². The fraction of sp³-hybridized carbons (Fsp3) is 0. The molecule has 3 heterocycles. The van der Waals surface area contributed by atoms with Crippen LogP contribution < -0.4 is 0 Å². The Morgan fingerprint density at radius 1 is 0.750 bits per heavy atom. The Bertz CT molecular complexity index is 1180. The summed E-state index contributed by atoms with van der Waals surface area (Å²) in [4.78, 5) is 9.70. The molecule has 2 aromatic carbocycles. The zero-order valence-corrected chi connectivity index (χ0v) is 16.0. The van der Waals surface area contributed by atoms with E-state index in [0.29, 0.717) is 0 Å². The molecule has 2 nitrogen and oxygen atoms in total. The molecule has 1 aliphatic heterocycles. The van der Waals surface area contributed by atoms with Gasteiger partial charge in [0, 0.05) is 16.8 Å². The number of rotatable bonds is 4. The van der Waals surface area contributed by atoms with Gasteiger partial charge < -0.3 is 4.98 Å². The summed E-state index contributed by atoms with van der Waals surface area (Å²) in [6.45, 7) is 0. The molecule has 0 radical (unpaired) electrons. The largest absolute Gasteiger partial charge is 0.354 e. The van der Waals surface area contributed by atoms with Crippen molar-refractivity contribution < 1.29 is 0 Å². The molecule has 0 bridgehead atoms. The maximum atomic E-state index is 4.95. The number of benzene rings is 2. The molecule has 1 aliphatic rings. The third-order valence-electron chi connectivity index (χ3n) is 4.74. The van der Waals surface area contributed by atoms with E-state index in [4.69, 9.17) is 4.99 Å². The van der Waals surface area contributed by atoms with Crippen molar-refractivity contribution >= 4 is 28.7 Å². The van der Waals surface area contributed by atoms with Gasteiger partial charge in [0.05, 0.1) is 22.0 Å². The average Bonchev–Trinajstić information content (AvgIpc) is 3.50. The highest BCUT2D eigenvalue weighted by Crippen LogP contribution is 2.33. The van der Waals surface area contributed by atoms with Crippen LogP contribution in [0.1, 0.15) is 16.8 Å². The third kappa shape index (κ3) is 3.28. The topological polar surface area (TPSA) is 28.1 Å². The van der Waals surface area contributed by atoms with E-state index in [0.717, 1.165) is 33.9 Å². The number of H-pyrrole nitrogens is 1. The van der Waals surface area contributed by atoms with E-state index in [1.807, 2.05) is 24.3 Å². The number of nitrogens with zero attached hydrogens (tertiary/aromatic N) is 1. The second-order valence-electron chi connectivity index (χ2n) is 6.62. The first-order valence-electron chi connectivity index (χ1n) is 9.23. The molecule has 2 aromatic heterocycles. The molecular weight excluding hydrogens is 360 g/mol. The van der Waals surface area contributed by atoms with Crippen molar-refractivity contribution in [2.24, 2.45) is 4.99 Å². The van der Waals surface area contributed by atoms with Crippen LogP contribution in [0, 0.1) is 0 Å². The van der Waals surface area contributed by atoms with Crippen molar-refractivity contribution in [3.8, 4) is 10.6 Å². The summed E-state index contributed by atoms with van der Waals surface area (Å²) in [5, 5.41) is 2.10. The number of allylic oxidation sites excluding steroid dienone is 2. The van der Waals surface area contributed by atoms with E-state index in [2.05, 4.69) is 83.2 Å². The van der Waals surface area contributed by atoms with Crippen LogP contribution in [0.2, 0.25) is 0 Å². The van der Waals surface area contributed by atoms with Crippen LogP contribution in [0.3, 0.4) is 0 Å². The molecule has 134 valence electrons. The van der Waals surface area contributed by atoms with Gasteiger partial charge in [-0.05, 0) is 41.3 Å². The zero-order chi connectivity index (χ0) is 18.8. The van der Waals surface area contributed by atoms with Crippen LogP contribution in [0.5, 0.6) is 0 Å². The monoisotopic (exact) mass is 378 g/mol. The normalized spacial score (nSPS) is 14.9. The molecule has 0 saturated carbocycles.